The predicted octanol–water partition coefficient (Wildman–Crippen LogP) is 5.67. The molecule has 5 rings (SSSR count). The molecule has 5 aliphatic carbocycles. The SMILES string of the molecule is COCCCN(C(=O)CC1CCCC2CCCCC21)C1CC2CC1C1CCCC21. The van der Waals surface area contributed by atoms with E-state index in [4.69, 9.17) is 4.74 Å². The van der Waals surface area contributed by atoms with Crippen LogP contribution in [0, 0.1) is 41.4 Å². The number of methoxy groups -OCH3 is 1. The van der Waals surface area contributed by atoms with Crippen molar-refractivity contribution in [2.75, 3.05) is 20.3 Å². The van der Waals surface area contributed by atoms with Crippen molar-refractivity contribution in [2.45, 2.75) is 95.9 Å². The number of nitrogens with zero attached hydrogens (tertiary/aromatic N) is 1. The van der Waals surface area contributed by atoms with Gasteiger partial charge in [0.05, 0.1) is 0 Å². The van der Waals surface area contributed by atoms with Crippen LogP contribution in [0.5, 0.6) is 0 Å². The molecule has 1 amide bonds. The average Bonchev–Trinajstić information content (AvgIpc) is 3.45. The Bertz CT molecular complexity index is 575. The van der Waals surface area contributed by atoms with Gasteiger partial charge in [0.15, 0.2) is 0 Å². The molecule has 8 unspecified atom stereocenters. The molecule has 0 spiro atoms. The van der Waals surface area contributed by atoms with E-state index in [1.165, 1.54) is 77.0 Å². The zero-order valence-electron chi connectivity index (χ0n) is 18.7. The van der Waals surface area contributed by atoms with E-state index in [9.17, 15) is 4.79 Å². The van der Waals surface area contributed by atoms with Crippen LogP contribution in [0.15, 0.2) is 0 Å². The highest BCUT2D eigenvalue weighted by Crippen LogP contribution is 2.60. The standard InChI is InChI=1S/C26H43NO2/c1-29-14-6-13-27(25-16-20-15-24(25)23-12-5-11-22(20)23)26(28)17-19-9-4-8-18-7-2-3-10-21(18)19/h18-25H,2-17H2,1H3. The number of amides is 1. The molecule has 8 atom stereocenters. The molecule has 0 aromatic rings. The number of hydrogen-bond acceptors (Lipinski definition) is 2. The van der Waals surface area contributed by atoms with Crippen molar-refractivity contribution in [3.63, 3.8) is 0 Å². The second-order valence-electron chi connectivity index (χ2n) is 11.3. The van der Waals surface area contributed by atoms with E-state index in [0.29, 0.717) is 17.9 Å². The number of hydrogen-bond donors (Lipinski definition) is 0. The molecule has 0 aromatic heterocycles. The molecule has 164 valence electrons. The summed E-state index contributed by atoms with van der Waals surface area (Å²) in [6.45, 7) is 1.71. The van der Waals surface area contributed by atoms with E-state index in [-0.39, 0.29) is 0 Å². The Morgan fingerprint density at radius 1 is 0.828 bits per heavy atom. The van der Waals surface area contributed by atoms with E-state index >= 15 is 0 Å². The van der Waals surface area contributed by atoms with Gasteiger partial charge >= 0.3 is 0 Å². The van der Waals surface area contributed by atoms with Gasteiger partial charge in [-0.3, -0.25) is 4.79 Å². The summed E-state index contributed by atoms with van der Waals surface area (Å²) in [5.41, 5.74) is 0. The lowest BCUT2D eigenvalue weighted by Crippen LogP contribution is -2.48. The van der Waals surface area contributed by atoms with Gasteiger partial charge in [-0.2, -0.15) is 0 Å². The summed E-state index contributed by atoms with van der Waals surface area (Å²) in [4.78, 5) is 16.1. The molecule has 0 N–H and O–H groups in total. The van der Waals surface area contributed by atoms with E-state index in [1.807, 2.05) is 0 Å². The molecular weight excluding hydrogens is 358 g/mol. The summed E-state index contributed by atoms with van der Waals surface area (Å²) in [7, 11) is 1.79. The maximum Gasteiger partial charge on any atom is 0.223 e. The van der Waals surface area contributed by atoms with Crippen LogP contribution in [0.2, 0.25) is 0 Å². The summed E-state index contributed by atoms with van der Waals surface area (Å²) in [6, 6.07) is 0.550. The molecule has 0 saturated heterocycles. The highest BCUT2D eigenvalue weighted by atomic mass is 16.5. The van der Waals surface area contributed by atoms with E-state index in [1.54, 1.807) is 7.11 Å². The Morgan fingerprint density at radius 3 is 2.48 bits per heavy atom. The molecule has 29 heavy (non-hydrogen) atoms. The molecule has 5 fully saturated rings. The molecule has 3 heteroatoms. The lowest BCUT2D eigenvalue weighted by Gasteiger charge is -2.43. The zero-order chi connectivity index (χ0) is 19.8. The second kappa shape index (κ2) is 8.89. The topological polar surface area (TPSA) is 29.5 Å². The number of ether oxygens (including phenoxy) is 1. The lowest BCUT2D eigenvalue weighted by atomic mass is 9.64. The number of fused-ring (bicyclic) bond motifs is 6. The molecule has 0 radical (unpaired) electrons. The van der Waals surface area contributed by atoms with Gasteiger partial charge in [0.2, 0.25) is 5.91 Å². The first-order chi connectivity index (χ1) is 14.3. The Hall–Kier alpha value is -0.570. The highest BCUT2D eigenvalue weighted by molar-refractivity contribution is 5.77. The minimum absolute atomic E-state index is 0.504. The Labute approximate surface area is 178 Å². The summed E-state index contributed by atoms with van der Waals surface area (Å²) in [5, 5.41) is 0. The smallest absolute Gasteiger partial charge is 0.223 e. The Kier molecular flexibility index (Phi) is 6.23. The van der Waals surface area contributed by atoms with Crippen molar-refractivity contribution in [3.8, 4) is 0 Å². The number of carbonyl (C=O) groups excluding carboxylic acids is 1. The zero-order valence-corrected chi connectivity index (χ0v) is 18.7. The highest BCUT2D eigenvalue weighted by Gasteiger charge is 2.55. The maximum atomic E-state index is 13.7. The van der Waals surface area contributed by atoms with E-state index < -0.39 is 0 Å². The van der Waals surface area contributed by atoms with Crippen LogP contribution in [0.3, 0.4) is 0 Å². The Balaban J connectivity index is 1.27. The first kappa shape index (κ1) is 20.3. The molecule has 0 heterocycles. The first-order valence-electron chi connectivity index (χ1n) is 13.0. The molecule has 0 aromatic carbocycles. The fourth-order valence-corrected chi connectivity index (χ4v) is 8.91. The summed E-state index contributed by atoms with van der Waals surface area (Å²) < 4.78 is 5.35. The van der Waals surface area contributed by atoms with Gasteiger partial charge in [0.25, 0.3) is 0 Å². The molecule has 0 aliphatic heterocycles. The number of rotatable bonds is 7. The van der Waals surface area contributed by atoms with Gasteiger partial charge in [-0.1, -0.05) is 38.5 Å². The van der Waals surface area contributed by atoms with Gasteiger partial charge < -0.3 is 9.64 Å². The van der Waals surface area contributed by atoms with Gasteiger partial charge in [-0.05, 0) is 86.4 Å². The van der Waals surface area contributed by atoms with Crippen LogP contribution >= 0.6 is 0 Å². The van der Waals surface area contributed by atoms with Crippen molar-refractivity contribution in [1.29, 1.82) is 0 Å². The van der Waals surface area contributed by atoms with Crippen LogP contribution in [0.25, 0.3) is 0 Å². The fourth-order valence-electron chi connectivity index (χ4n) is 8.91. The third kappa shape index (κ3) is 3.90. The van der Waals surface area contributed by atoms with Crippen molar-refractivity contribution >= 4 is 5.91 Å². The van der Waals surface area contributed by atoms with E-state index in [0.717, 1.165) is 61.5 Å². The van der Waals surface area contributed by atoms with E-state index in [2.05, 4.69) is 4.90 Å². The fraction of sp³-hybridized carbons (Fsp3) is 0.962. The van der Waals surface area contributed by atoms with Crippen LogP contribution in [-0.2, 0) is 9.53 Å². The van der Waals surface area contributed by atoms with Gasteiger partial charge in [-0.15, -0.1) is 0 Å². The van der Waals surface area contributed by atoms with Crippen molar-refractivity contribution in [2.24, 2.45) is 41.4 Å². The largest absolute Gasteiger partial charge is 0.385 e. The second-order valence-corrected chi connectivity index (χ2v) is 11.3. The van der Waals surface area contributed by atoms with Crippen LogP contribution in [0.1, 0.15) is 89.9 Å². The minimum Gasteiger partial charge on any atom is -0.385 e. The van der Waals surface area contributed by atoms with Crippen LogP contribution in [-0.4, -0.2) is 37.1 Å². The third-order valence-electron chi connectivity index (χ3n) is 10.0. The number of carbonyl (C=O) groups is 1. The third-order valence-corrected chi connectivity index (χ3v) is 10.0. The van der Waals surface area contributed by atoms with Crippen molar-refractivity contribution in [3.05, 3.63) is 0 Å². The van der Waals surface area contributed by atoms with Crippen LogP contribution in [0.4, 0.5) is 0 Å². The molecular formula is C26H43NO2. The first-order valence-corrected chi connectivity index (χ1v) is 13.0. The Morgan fingerprint density at radius 2 is 1.59 bits per heavy atom. The summed E-state index contributed by atoms with van der Waals surface area (Å²) in [6.07, 6.45) is 18.7. The quantitative estimate of drug-likeness (QED) is 0.514. The monoisotopic (exact) mass is 401 g/mol. The van der Waals surface area contributed by atoms with Gasteiger partial charge in [0.1, 0.15) is 0 Å². The van der Waals surface area contributed by atoms with Crippen molar-refractivity contribution < 1.29 is 9.53 Å². The van der Waals surface area contributed by atoms with Crippen LogP contribution < -0.4 is 0 Å². The molecule has 3 nitrogen and oxygen atoms in total. The summed E-state index contributed by atoms with van der Waals surface area (Å²) >= 11 is 0. The normalized spacial score (nSPS) is 43.2. The van der Waals surface area contributed by atoms with Gasteiger partial charge in [-0.25, -0.2) is 0 Å². The lowest BCUT2D eigenvalue weighted by molar-refractivity contribution is -0.137. The average molecular weight is 402 g/mol. The predicted molar refractivity (Wildman–Crippen MR) is 116 cm³/mol. The van der Waals surface area contributed by atoms with Crippen molar-refractivity contribution in [1.82, 2.24) is 4.90 Å². The minimum atomic E-state index is 0.504. The molecule has 5 saturated carbocycles. The maximum absolute atomic E-state index is 13.7. The molecule has 2 bridgehead atoms. The summed E-state index contributed by atoms with van der Waals surface area (Å²) in [5.74, 6) is 6.64. The molecule has 5 aliphatic rings. The van der Waals surface area contributed by atoms with Gasteiger partial charge in [0, 0.05) is 32.7 Å².